The number of ether oxygens (including phenoxy) is 1. The van der Waals surface area contributed by atoms with Crippen LogP contribution in [0.2, 0.25) is 0 Å². The average Bonchev–Trinajstić information content (AvgIpc) is 2.83. The first-order valence-electron chi connectivity index (χ1n) is 7.15. The fourth-order valence-corrected chi connectivity index (χ4v) is 2.37. The van der Waals surface area contributed by atoms with Gasteiger partial charge in [-0.3, -0.25) is 10.9 Å². The van der Waals surface area contributed by atoms with E-state index in [4.69, 9.17) is 4.74 Å². The normalized spacial score (nSPS) is 22.8. The van der Waals surface area contributed by atoms with Crippen LogP contribution in [-0.2, 0) is 17.9 Å². The van der Waals surface area contributed by atoms with Crippen LogP contribution in [0.15, 0.2) is 24.3 Å². The smallest absolute Gasteiger partial charge is 0.0719 e. The Balaban J connectivity index is 1.81. The first-order chi connectivity index (χ1) is 9.31. The molecule has 1 fully saturated rings. The van der Waals surface area contributed by atoms with Gasteiger partial charge in [-0.15, -0.1) is 0 Å². The molecule has 0 spiro atoms. The monoisotopic (exact) mass is 263 g/mol. The molecule has 2 unspecified atom stereocenters. The summed E-state index contributed by atoms with van der Waals surface area (Å²) in [5.74, 6) is 0.652. The van der Waals surface area contributed by atoms with Gasteiger partial charge in [0.05, 0.1) is 6.61 Å². The summed E-state index contributed by atoms with van der Waals surface area (Å²) in [5.41, 5.74) is 9.07. The van der Waals surface area contributed by atoms with Gasteiger partial charge in [0, 0.05) is 38.2 Å². The summed E-state index contributed by atoms with van der Waals surface area (Å²) in [6.45, 7) is 8.69. The van der Waals surface area contributed by atoms with Gasteiger partial charge in [0.2, 0.25) is 0 Å². The van der Waals surface area contributed by atoms with Gasteiger partial charge in [-0.2, -0.15) is 0 Å². The Morgan fingerprint density at radius 2 is 2.11 bits per heavy atom. The molecule has 3 N–H and O–H groups in total. The molecule has 2 rings (SSSR count). The van der Waals surface area contributed by atoms with E-state index in [1.807, 2.05) is 6.92 Å². The molecule has 4 nitrogen and oxygen atoms in total. The zero-order chi connectivity index (χ0) is 13.5. The predicted octanol–water partition coefficient (Wildman–Crippen LogP) is 1.43. The Labute approximate surface area is 115 Å². The Bertz CT molecular complexity index is 383. The average molecular weight is 263 g/mol. The summed E-state index contributed by atoms with van der Waals surface area (Å²) in [4.78, 5) is 0. The molecule has 0 amide bonds. The molecule has 1 aromatic carbocycles. The Hall–Kier alpha value is -0.940. The number of hydrogen-bond donors (Lipinski definition) is 3. The summed E-state index contributed by atoms with van der Waals surface area (Å²) in [6, 6.07) is 9.02. The van der Waals surface area contributed by atoms with Crippen molar-refractivity contribution in [3.8, 4) is 0 Å². The third-order valence-corrected chi connectivity index (χ3v) is 3.70. The van der Waals surface area contributed by atoms with Gasteiger partial charge < -0.3 is 10.1 Å². The number of benzene rings is 1. The predicted molar refractivity (Wildman–Crippen MR) is 77.6 cm³/mol. The number of hydrazine groups is 1. The number of rotatable bonds is 7. The lowest BCUT2D eigenvalue weighted by Crippen LogP contribution is -2.32. The lowest BCUT2D eigenvalue weighted by Gasteiger charge is -2.16. The van der Waals surface area contributed by atoms with E-state index in [1.54, 1.807) is 0 Å². The van der Waals surface area contributed by atoms with E-state index in [-0.39, 0.29) is 0 Å². The highest BCUT2D eigenvalue weighted by atomic mass is 16.5. The van der Waals surface area contributed by atoms with Crippen molar-refractivity contribution in [2.24, 2.45) is 5.92 Å². The van der Waals surface area contributed by atoms with Crippen LogP contribution < -0.4 is 16.2 Å². The van der Waals surface area contributed by atoms with Gasteiger partial charge in [-0.05, 0) is 25.0 Å². The van der Waals surface area contributed by atoms with Crippen LogP contribution in [0.1, 0.15) is 25.0 Å². The molecular weight excluding hydrogens is 238 g/mol. The SMILES string of the molecule is CCOCc1ccccc1CNCC1CNNC1C. The van der Waals surface area contributed by atoms with Gasteiger partial charge >= 0.3 is 0 Å². The minimum atomic E-state index is 0.533. The highest BCUT2D eigenvalue weighted by Gasteiger charge is 2.21. The van der Waals surface area contributed by atoms with E-state index in [2.05, 4.69) is 47.4 Å². The Kier molecular flexibility index (Phi) is 5.79. The molecule has 1 aliphatic rings. The van der Waals surface area contributed by atoms with Gasteiger partial charge in [0.25, 0.3) is 0 Å². The van der Waals surface area contributed by atoms with Gasteiger partial charge in [-0.25, -0.2) is 0 Å². The lowest BCUT2D eigenvalue weighted by atomic mass is 10.0. The van der Waals surface area contributed by atoms with Gasteiger partial charge in [0.1, 0.15) is 0 Å². The van der Waals surface area contributed by atoms with E-state index in [1.165, 1.54) is 11.1 Å². The molecule has 0 aliphatic carbocycles. The van der Waals surface area contributed by atoms with Crippen LogP contribution in [0.25, 0.3) is 0 Å². The van der Waals surface area contributed by atoms with Crippen molar-refractivity contribution in [2.45, 2.75) is 33.0 Å². The van der Waals surface area contributed by atoms with E-state index in [9.17, 15) is 0 Å². The zero-order valence-electron chi connectivity index (χ0n) is 11.9. The first kappa shape index (κ1) is 14.5. The van der Waals surface area contributed by atoms with Crippen molar-refractivity contribution in [3.63, 3.8) is 0 Å². The van der Waals surface area contributed by atoms with Crippen LogP contribution in [0.3, 0.4) is 0 Å². The summed E-state index contributed by atoms with van der Waals surface area (Å²) in [5, 5.41) is 3.56. The maximum atomic E-state index is 5.51. The molecular formula is C15H25N3O. The molecule has 1 heterocycles. The molecule has 1 aliphatic heterocycles. The summed E-state index contributed by atoms with van der Waals surface area (Å²) >= 11 is 0. The van der Waals surface area contributed by atoms with Crippen molar-refractivity contribution in [3.05, 3.63) is 35.4 Å². The summed E-state index contributed by atoms with van der Waals surface area (Å²) in [6.07, 6.45) is 0. The summed E-state index contributed by atoms with van der Waals surface area (Å²) < 4.78 is 5.51. The third-order valence-electron chi connectivity index (χ3n) is 3.70. The second kappa shape index (κ2) is 7.60. The maximum absolute atomic E-state index is 5.51. The quantitative estimate of drug-likeness (QED) is 0.696. The fraction of sp³-hybridized carbons (Fsp3) is 0.600. The van der Waals surface area contributed by atoms with Crippen molar-refractivity contribution in [1.82, 2.24) is 16.2 Å². The van der Waals surface area contributed by atoms with Crippen LogP contribution in [-0.4, -0.2) is 25.7 Å². The standard InChI is InChI=1S/C15H25N3O/c1-3-19-11-14-7-5-4-6-13(14)8-16-9-15-10-17-18-12(15)2/h4-7,12,15-18H,3,8-11H2,1-2H3. The third kappa shape index (κ3) is 4.28. The van der Waals surface area contributed by atoms with Crippen LogP contribution in [0.5, 0.6) is 0 Å². The zero-order valence-corrected chi connectivity index (χ0v) is 11.9. The van der Waals surface area contributed by atoms with Crippen LogP contribution >= 0.6 is 0 Å². The fourth-order valence-electron chi connectivity index (χ4n) is 2.37. The largest absolute Gasteiger partial charge is 0.377 e. The van der Waals surface area contributed by atoms with Crippen LogP contribution in [0, 0.1) is 5.92 Å². The van der Waals surface area contributed by atoms with Crippen molar-refractivity contribution in [2.75, 3.05) is 19.7 Å². The molecule has 1 saturated heterocycles. The van der Waals surface area contributed by atoms with E-state index >= 15 is 0 Å². The minimum Gasteiger partial charge on any atom is -0.377 e. The molecule has 106 valence electrons. The highest BCUT2D eigenvalue weighted by Crippen LogP contribution is 2.11. The molecule has 0 radical (unpaired) electrons. The first-order valence-corrected chi connectivity index (χ1v) is 7.15. The van der Waals surface area contributed by atoms with Crippen molar-refractivity contribution in [1.29, 1.82) is 0 Å². The van der Waals surface area contributed by atoms with Crippen molar-refractivity contribution < 1.29 is 4.74 Å². The molecule has 0 saturated carbocycles. The molecule has 19 heavy (non-hydrogen) atoms. The Morgan fingerprint density at radius 1 is 1.32 bits per heavy atom. The second-order valence-corrected chi connectivity index (χ2v) is 5.11. The maximum Gasteiger partial charge on any atom is 0.0719 e. The number of nitrogens with one attached hydrogen (secondary N) is 3. The van der Waals surface area contributed by atoms with Gasteiger partial charge in [-0.1, -0.05) is 24.3 Å². The molecule has 4 heteroatoms. The van der Waals surface area contributed by atoms with Crippen LogP contribution in [0.4, 0.5) is 0 Å². The van der Waals surface area contributed by atoms with Gasteiger partial charge in [0.15, 0.2) is 0 Å². The molecule has 0 aromatic heterocycles. The van der Waals surface area contributed by atoms with E-state index in [0.29, 0.717) is 18.6 Å². The molecule has 2 atom stereocenters. The molecule has 1 aromatic rings. The van der Waals surface area contributed by atoms with E-state index < -0.39 is 0 Å². The number of hydrogen-bond acceptors (Lipinski definition) is 4. The highest BCUT2D eigenvalue weighted by molar-refractivity contribution is 5.26. The second-order valence-electron chi connectivity index (χ2n) is 5.11. The Morgan fingerprint density at radius 3 is 2.79 bits per heavy atom. The van der Waals surface area contributed by atoms with E-state index in [0.717, 1.165) is 26.2 Å². The lowest BCUT2D eigenvalue weighted by molar-refractivity contribution is 0.133. The minimum absolute atomic E-state index is 0.533. The molecule has 0 bridgehead atoms. The topological polar surface area (TPSA) is 45.3 Å². The summed E-state index contributed by atoms with van der Waals surface area (Å²) in [7, 11) is 0. The van der Waals surface area contributed by atoms with Crippen molar-refractivity contribution >= 4 is 0 Å².